The summed E-state index contributed by atoms with van der Waals surface area (Å²) in [7, 11) is 1.63. The number of rotatable bonds is 3. The number of carbonyl (C=O) groups is 1. The first-order valence-electron chi connectivity index (χ1n) is 6.80. The van der Waals surface area contributed by atoms with Crippen LogP contribution in [0.3, 0.4) is 0 Å². The van der Waals surface area contributed by atoms with Crippen LogP contribution in [0.25, 0.3) is 0 Å². The van der Waals surface area contributed by atoms with Crippen molar-refractivity contribution in [1.82, 2.24) is 0 Å². The molecule has 0 radical (unpaired) electrons. The quantitative estimate of drug-likeness (QED) is 0.753. The molecule has 2 nitrogen and oxygen atoms in total. The maximum Gasteiger partial charge on any atom is 0.169 e. The van der Waals surface area contributed by atoms with Crippen LogP contribution in [0.4, 0.5) is 0 Å². The van der Waals surface area contributed by atoms with Gasteiger partial charge in [0.05, 0.1) is 12.7 Å². The highest BCUT2D eigenvalue weighted by atomic mass is 16.5. The molecule has 1 aliphatic rings. The second-order valence-corrected chi connectivity index (χ2v) is 5.54. The molecule has 1 aromatic carbocycles. The van der Waals surface area contributed by atoms with Crippen molar-refractivity contribution >= 4 is 5.78 Å². The van der Waals surface area contributed by atoms with Crippen LogP contribution in [0.1, 0.15) is 48.5 Å². The largest absolute Gasteiger partial charge is 0.496 e. The van der Waals surface area contributed by atoms with Gasteiger partial charge in [0.2, 0.25) is 0 Å². The van der Waals surface area contributed by atoms with Crippen LogP contribution in [0.15, 0.2) is 18.2 Å². The Morgan fingerprint density at radius 2 is 2.11 bits per heavy atom. The zero-order chi connectivity index (χ0) is 13.1. The number of benzene rings is 1. The minimum Gasteiger partial charge on any atom is -0.496 e. The number of ether oxygens (including phenoxy) is 1. The van der Waals surface area contributed by atoms with E-state index in [9.17, 15) is 4.79 Å². The van der Waals surface area contributed by atoms with Crippen molar-refractivity contribution in [1.29, 1.82) is 0 Å². The van der Waals surface area contributed by atoms with Gasteiger partial charge in [-0.15, -0.1) is 0 Å². The Kier molecular flexibility index (Phi) is 4.05. The molecule has 0 spiro atoms. The molecule has 0 saturated heterocycles. The van der Waals surface area contributed by atoms with Crippen LogP contribution >= 0.6 is 0 Å². The smallest absolute Gasteiger partial charge is 0.169 e. The Labute approximate surface area is 109 Å². The van der Waals surface area contributed by atoms with Crippen molar-refractivity contribution in [3.05, 3.63) is 29.3 Å². The minimum absolute atomic E-state index is 0.185. The lowest BCUT2D eigenvalue weighted by Crippen LogP contribution is -2.22. The zero-order valence-electron chi connectivity index (χ0n) is 11.5. The molecular formula is C16H22O2. The van der Waals surface area contributed by atoms with E-state index in [2.05, 4.69) is 6.92 Å². The topological polar surface area (TPSA) is 26.3 Å². The molecule has 0 aromatic heterocycles. The summed E-state index contributed by atoms with van der Waals surface area (Å²) < 4.78 is 5.32. The van der Waals surface area contributed by atoms with Crippen molar-refractivity contribution in [2.75, 3.05) is 7.11 Å². The van der Waals surface area contributed by atoms with E-state index in [1.54, 1.807) is 7.11 Å². The lowest BCUT2D eigenvalue weighted by atomic mass is 9.78. The first kappa shape index (κ1) is 13.1. The number of ketones is 1. The molecule has 2 rings (SSSR count). The summed E-state index contributed by atoms with van der Waals surface area (Å²) >= 11 is 0. The molecular weight excluding hydrogens is 224 g/mol. The molecule has 1 aliphatic carbocycles. The molecule has 2 heteroatoms. The highest BCUT2D eigenvalue weighted by molar-refractivity contribution is 6.00. The normalized spacial score (nSPS) is 23.7. The van der Waals surface area contributed by atoms with Gasteiger partial charge in [0, 0.05) is 5.92 Å². The molecule has 0 N–H and O–H groups in total. The Balaban J connectivity index is 2.24. The standard InChI is InChI=1S/C16H22O2/c1-11-5-4-6-13(9-11)16(17)14-10-12(2)7-8-15(14)18-3/h7-8,10-11,13H,4-6,9H2,1-3H3. The highest BCUT2D eigenvalue weighted by Gasteiger charge is 2.27. The van der Waals surface area contributed by atoms with Crippen LogP contribution in [-0.2, 0) is 0 Å². The number of carbonyl (C=O) groups excluding carboxylic acids is 1. The van der Waals surface area contributed by atoms with Crippen molar-refractivity contribution in [3.63, 3.8) is 0 Å². The van der Waals surface area contributed by atoms with Gasteiger partial charge in [-0.1, -0.05) is 31.4 Å². The van der Waals surface area contributed by atoms with Gasteiger partial charge in [0.15, 0.2) is 5.78 Å². The third-order valence-corrected chi connectivity index (χ3v) is 3.93. The fourth-order valence-electron chi connectivity index (χ4n) is 2.91. The third kappa shape index (κ3) is 2.74. The first-order chi connectivity index (χ1) is 8.61. The van der Waals surface area contributed by atoms with Crippen LogP contribution in [0, 0.1) is 18.8 Å². The van der Waals surface area contributed by atoms with Gasteiger partial charge in [0.25, 0.3) is 0 Å². The molecule has 2 atom stereocenters. The first-order valence-corrected chi connectivity index (χ1v) is 6.80. The van der Waals surface area contributed by atoms with Gasteiger partial charge in [0.1, 0.15) is 5.75 Å². The predicted octanol–water partition coefficient (Wildman–Crippen LogP) is 4.01. The van der Waals surface area contributed by atoms with Gasteiger partial charge in [-0.2, -0.15) is 0 Å². The van der Waals surface area contributed by atoms with Gasteiger partial charge < -0.3 is 4.74 Å². The number of aryl methyl sites for hydroxylation is 1. The molecule has 0 amide bonds. The Hall–Kier alpha value is -1.31. The van der Waals surface area contributed by atoms with E-state index in [0.29, 0.717) is 11.7 Å². The lowest BCUT2D eigenvalue weighted by molar-refractivity contribution is 0.0865. The second kappa shape index (κ2) is 5.55. The van der Waals surface area contributed by atoms with Crippen molar-refractivity contribution in [2.45, 2.75) is 39.5 Å². The summed E-state index contributed by atoms with van der Waals surface area (Å²) in [5, 5.41) is 0. The Morgan fingerprint density at radius 3 is 2.78 bits per heavy atom. The maximum atomic E-state index is 12.6. The Morgan fingerprint density at radius 1 is 1.33 bits per heavy atom. The summed E-state index contributed by atoms with van der Waals surface area (Å²) in [5.74, 6) is 1.83. The van der Waals surface area contributed by atoms with Gasteiger partial charge in [-0.25, -0.2) is 0 Å². The average molecular weight is 246 g/mol. The van der Waals surface area contributed by atoms with E-state index in [1.807, 2.05) is 25.1 Å². The van der Waals surface area contributed by atoms with Crippen molar-refractivity contribution in [3.8, 4) is 5.75 Å². The van der Waals surface area contributed by atoms with E-state index < -0.39 is 0 Å². The average Bonchev–Trinajstić information content (AvgIpc) is 2.38. The van der Waals surface area contributed by atoms with E-state index in [4.69, 9.17) is 4.74 Å². The fourth-order valence-corrected chi connectivity index (χ4v) is 2.91. The molecule has 0 heterocycles. The van der Waals surface area contributed by atoms with Crippen LogP contribution in [-0.4, -0.2) is 12.9 Å². The minimum atomic E-state index is 0.185. The van der Waals surface area contributed by atoms with Crippen LogP contribution in [0.2, 0.25) is 0 Å². The van der Waals surface area contributed by atoms with Crippen LogP contribution < -0.4 is 4.74 Å². The molecule has 1 saturated carbocycles. The fraction of sp³-hybridized carbons (Fsp3) is 0.562. The number of methoxy groups -OCH3 is 1. The van der Waals surface area contributed by atoms with Crippen LogP contribution in [0.5, 0.6) is 5.75 Å². The Bertz CT molecular complexity index is 437. The summed E-state index contributed by atoms with van der Waals surface area (Å²) in [6, 6.07) is 5.84. The summed E-state index contributed by atoms with van der Waals surface area (Å²) in [6.45, 7) is 4.26. The molecule has 1 fully saturated rings. The predicted molar refractivity (Wildman–Crippen MR) is 73.2 cm³/mol. The van der Waals surface area contributed by atoms with Gasteiger partial charge in [-0.3, -0.25) is 4.79 Å². The molecule has 0 aliphatic heterocycles. The van der Waals surface area contributed by atoms with E-state index in [1.165, 1.54) is 12.8 Å². The monoisotopic (exact) mass is 246 g/mol. The molecule has 1 aromatic rings. The summed E-state index contributed by atoms with van der Waals surface area (Å²) in [4.78, 5) is 12.6. The third-order valence-electron chi connectivity index (χ3n) is 3.93. The molecule has 98 valence electrons. The lowest BCUT2D eigenvalue weighted by Gasteiger charge is -2.26. The number of hydrogen-bond acceptors (Lipinski definition) is 2. The van der Waals surface area contributed by atoms with Gasteiger partial charge in [-0.05, 0) is 37.8 Å². The zero-order valence-corrected chi connectivity index (χ0v) is 11.5. The molecule has 0 bridgehead atoms. The van der Waals surface area contributed by atoms with E-state index in [-0.39, 0.29) is 11.7 Å². The number of hydrogen-bond donors (Lipinski definition) is 0. The highest BCUT2D eigenvalue weighted by Crippen LogP contribution is 2.33. The maximum absolute atomic E-state index is 12.6. The summed E-state index contributed by atoms with van der Waals surface area (Å²) in [6.07, 6.45) is 4.48. The van der Waals surface area contributed by atoms with E-state index in [0.717, 1.165) is 24.0 Å². The SMILES string of the molecule is COc1ccc(C)cc1C(=O)C1CCCC(C)C1. The summed E-state index contributed by atoms with van der Waals surface area (Å²) in [5.41, 5.74) is 1.87. The number of Topliss-reactive ketones (excluding diaryl/α,β-unsaturated/α-hetero) is 1. The van der Waals surface area contributed by atoms with Gasteiger partial charge >= 0.3 is 0 Å². The van der Waals surface area contributed by atoms with Crippen molar-refractivity contribution in [2.24, 2.45) is 11.8 Å². The van der Waals surface area contributed by atoms with E-state index >= 15 is 0 Å². The second-order valence-electron chi connectivity index (χ2n) is 5.54. The molecule has 2 unspecified atom stereocenters. The van der Waals surface area contributed by atoms with Crippen molar-refractivity contribution < 1.29 is 9.53 Å². The molecule has 18 heavy (non-hydrogen) atoms.